The van der Waals surface area contributed by atoms with Crippen molar-refractivity contribution < 1.29 is 9.26 Å². The van der Waals surface area contributed by atoms with Crippen LogP contribution in [0.25, 0.3) is 11.5 Å². The van der Waals surface area contributed by atoms with Gasteiger partial charge in [0.25, 0.3) is 5.89 Å². The quantitative estimate of drug-likeness (QED) is 0.896. The standard InChI is InChI=1S/C14H15N3O2/c1-3-9(4-1)13-16-14(19-17-13)10-5-2-6-11-12(10)18-8-7-15-11/h2,5-6,9,15H,1,3-4,7-8H2. The Morgan fingerprint density at radius 1 is 1.26 bits per heavy atom. The van der Waals surface area contributed by atoms with Gasteiger partial charge in [-0.1, -0.05) is 17.6 Å². The molecule has 0 bridgehead atoms. The third-order valence-electron chi connectivity index (χ3n) is 3.82. The first-order valence-electron chi connectivity index (χ1n) is 6.75. The van der Waals surface area contributed by atoms with Crippen molar-refractivity contribution in [3.8, 4) is 17.2 Å². The van der Waals surface area contributed by atoms with Gasteiger partial charge in [0.2, 0.25) is 0 Å². The van der Waals surface area contributed by atoms with Gasteiger partial charge in [-0.25, -0.2) is 0 Å². The third-order valence-corrected chi connectivity index (χ3v) is 3.82. The Labute approximate surface area is 111 Å². The van der Waals surface area contributed by atoms with Gasteiger partial charge in [-0.15, -0.1) is 0 Å². The van der Waals surface area contributed by atoms with Crippen molar-refractivity contribution in [2.45, 2.75) is 25.2 Å². The van der Waals surface area contributed by atoms with E-state index < -0.39 is 0 Å². The van der Waals surface area contributed by atoms with Gasteiger partial charge in [0, 0.05) is 12.5 Å². The van der Waals surface area contributed by atoms with Crippen molar-refractivity contribution in [1.82, 2.24) is 10.1 Å². The van der Waals surface area contributed by atoms with Crippen molar-refractivity contribution in [1.29, 1.82) is 0 Å². The summed E-state index contributed by atoms with van der Waals surface area (Å²) in [4.78, 5) is 4.53. The van der Waals surface area contributed by atoms with E-state index in [-0.39, 0.29) is 0 Å². The highest BCUT2D eigenvalue weighted by Gasteiger charge is 2.26. The van der Waals surface area contributed by atoms with Gasteiger partial charge in [-0.2, -0.15) is 4.98 Å². The van der Waals surface area contributed by atoms with Crippen LogP contribution in [-0.2, 0) is 0 Å². The largest absolute Gasteiger partial charge is 0.489 e. The fourth-order valence-electron chi connectivity index (χ4n) is 2.52. The summed E-state index contributed by atoms with van der Waals surface area (Å²) in [6.07, 6.45) is 3.61. The predicted molar refractivity (Wildman–Crippen MR) is 70.3 cm³/mol. The summed E-state index contributed by atoms with van der Waals surface area (Å²) in [5.74, 6) is 2.69. The van der Waals surface area contributed by atoms with Crippen LogP contribution in [0.2, 0.25) is 0 Å². The zero-order valence-electron chi connectivity index (χ0n) is 10.6. The van der Waals surface area contributed by atoms with Crippen LogP contribution in [0.5, 0.6) is 5.75 Å². The zero-order chi connectivity index (χ0) is 12.7. The van der Waals surface area contributed by atoms with Crippen LogP contribution in [0.1, 0.15) is 31.0 Å². The molecule has 4 rings (SSSR count). The van der Waals surface area contributed by atoms with Gasteiger partial charge in [-0.3, -0.25) is 0 Å². The maximum atomic E-state index is 5.73. The number of hydrogen-bond donors (Lipinski definition) is 1. The van der Waals surface area contributed by atoms with E-state index in [2.05, 4.69) is 15.5 Å². The highest BCUT2D eigenvalue weighted by atomic mass is 16.5. The molecule has 1 aromatic carbocycles. The second-order valence-corrected chi connectivity index (χ2v) is 5.04. The number of benzene rings is 1. The lowest BCUT2D eigenvalue weighted by molar-refractivity contribution is 0.322. The first kappa shape index (κ1) is 10.8. The molecule has 1 N–H and O–H groups in total. The summed E-state index contributed by atoms with van der Waals surface area (Å²) >= 11 is 0. The minimum absolute atomic E-state index is 0.482. The van der Waals surface area contributed by atoms with Crippen LogP contribution in [0.3, 0.4) is 0 Å². The van der Waals surface area contributed by atoms with Gasteiger partial charge in [0.15, 0.2) is 11.6 Å². The molecular formula is C14H15N3O2. The molecule has 1 aliphatic carbocycles. The number of nitrogens with one attached hydrogen (secondary N) is 1. The van der Waals surface area contributed by atoms with Crippen LogP contribution < -0.4 is 10.1 Å². The lowest BCUT2D eigenvalue weighted by Gasteiger charge is -2.21. The number of nitrogens with zero attached hydrogens (tertiary/aromatic N) is 2. The number of fused-ring (bicyclic) bond motifs is 1. The molecule has 1 aliphatic heterocycles. The van der Waals surface area contributed by atoms with Crippen LogP contribution in [0, 0.1) is 0 Å². The molecule has 5 heteroatoms. The Morgan fingerprint density at radius 2 is 2.21 bits per heavy atom. The molecular weight excluding hydrogens is 242 g/mol. The highest BCUT2D eigenvalue weighted by molar-refractivity contribution is 5.74. The topological polar surface area (TPSA) is 60.2 Å². The van der Waals surface area contributed by atoms with Gasteiger partial charge in [0.1, 0.15) is 6.61 Å². The predicted octanol–water partition coefficient (Wildman–Crippen LogP) is 2.81. The zero-order valence-corrected chi connectivity index (χ0v) is 10.6. The van der Waals surface area contributed by atoms with Gasteiger partial charge in [0.05, 0.1) is 11.3 Å². The van der Waals surface area contributed by atoms with E-state index in [1.807, 2.05) is 18.2 Å². The smallest absolute Gasteiger partial charge is 0.261 e. The molecule has 98 valence electrons. The summed E-state index contributed by atoms with van der Waals surface area (Å²) in [5.41, 5.74) is 1.87. The summed E-state index contributed by atoms with van der Waals surface area (Å²) in [6, 6.07) is 5.94. The number of para-hydroxylation sites is 1. The first-order chi connectivity index (χ1) is 9.42. The lowest BCUT2D eigenvalue weighted by atomic mass is 9.85. The number of rotatable bonds is 2. The molecule has 0 spiro atoms. The van der Waals surface area contributed by atoms with E-state index in [0.717, 1.165) is 29.4 Å². The van der Waals surface area contributed by atoms with E-state index in [4.69, 9.17) is 9.26 Å². The normalized spacial score (nSPS) is 18.1. The van der Waals surface area contributed by atoms with Crippen LogP contribution in [-0.4, -0.2) is 23.3 Å². The van der Waals surface area contributed by atoms with Crippen LogP contribution in [0.15, 0.2) is 22.7 Å². The van der Waals surface area contributed by atoms with Crippen molar-refractivity contribution in [3.63, 3.8) is 0 Å². The number of hydrogen-bond acceptors (Lipinski definition) is 5. The molecule has 0 radical (unpaired) electrons. The summed E-state index contributed by atoms with van der Waals surface area (Å²) in [5, 5.41) is 7.41. The van der Waals surface area contributed by atoms with E-state index in [0.29, 0.717) is 18.4 Å². The molecule has 1 aromatic heterocycles. The molecule has 0 atom stereocenters. The fourth-order valence-corrected chi connectivity index (χ4v) is 2.52. The van der Waals surface area contributed by atoms with E-state index in [1.54, 1.807) is 0 Å². The van der Waals surface area contributed by atoms with Crippen LogP contribution in [0.4, 0.5) is 5.69 Å². The molecule has 0 amide bonds. The summed E-state index contributed by atoms with van der Waals surface area (Å²) < 4.78 is 11.1. The maximum Gasteiger partial charge on any atom is 0.261 e. The minimum atomic E-state index is 0.482. The minimum Gasteiger partial charge on any atom is -0.489 e. The fraction of sp³-hybridized carbons (Fsp3) is 0.429. The van der Waals surface area contributed by atoms with Gasteiger partial charge >= 0.3 is 0 Å². The molecule has 1 saturated carbocycles. The molecule has 2 heterocycles. The van der Waals surface area contributed by atoms with E-state index in [1.165, 1.54) is 19.3 Å². The number of ether oxygens (including phenoxy) is 1. The monoisotopic (exact) mass is 257 g/mol. The highest BCUT2D eigenvalue weighted by Crippen LogP contribution is 2.39. The van der Waals surface area contributed by atoms with Gasteiger partial charge in [-0.05, 0) is 25.0 Å². The number of aromatic nitrogens is 2. The second kappa shape index (κ2) is 4.26. The van der Waals surface area contributed by atoms with E-state index in [9.17, 15) is 0 Å². The molecule has 2 aliphatic rings. The average molecular weight is 257 g/mol. The van der Waals surface area contributed by atoms with Crippen LogP contribution >= 0.6 is 0 Å². The Kier molecular flexibility index (Phi) is 2.43. The molecule has 5 nitrogen and oxygen atoms in total. The summed E-state index contributed by atoms with van der Waals surface area (Å²) in [7, 11) is 0. The molecule has 0 unspecified atom stereocenters. The third kappa shape index (κ3) is 1.77. The lowest BCUT2D eigenvalue weighted by Crippen LogP contribution is -2.18. The maximum absolute atomic E-state index is 5.73. The summed E-state index contributed by atoms with van der Waals surface area (Å²) in [6.45, 7) is 1.49. The van der Waals surface area contributed by atoms with Crippen molar-refractivity contribution in [3.05, 3.63) is 24.0 Å². The molecule has 2 aromatic rings. The average Bonchev–Trinajstić information content (AvgIpc) is 2.85. The van der Waals surface area contributed by atoms with Crippen molar-refractivity contribution in [2.75, 3.05) is 18.5 Å². The Bertz CT molecular complexity index is 604. The molecule has 1 fully saturated rings. The first-order valence-corrected chi connectivity index (χ1v) is 6.75. The SMILES string of the molecule is c1cc2c(c(-c3nc(C4CCC4)no3)c1)OCCN2. The van der Waals surface area contributed by atoms with E-state index >= 15 is 0 Å². The van der Waals surface area contributed by atoms with Crippen molar-refractivity contribution in [2.24, 2.45) is 0 Å². The Morgan fingerprint density at radius 3 is 3.05 bits per heavy atom. The second-order valence-electron chi connectivity index (χ2n) is 5.04. The van der Waals surface area contributed by atoms with Crippen molar-refractivity contribution >= 4 is 5.69 Å². The Hall–Kier alpha value is -2.04. The van der Waals surface area contributed by atoms with Gasteiger partial charge < -0.3 is 14.6 Å². The molecule has 19 heavy (non-hydrogen) atoms. The Balaban J connectivity index is 1.73. The molecule has 0 saturated heterocycles. The number of anilines is 1.